The van der Waals surface area contributed by atoms with Crippen LogP contribution in [0.5, 0.6) is 0 Å². The molecular formula is C19H32ClN3O2. The minimum atomic E-state index is -0.185. The molecule has 0 heterocycles. The highest BCUT2D eigenvalue weighted by molar-refractivity contribution is 5.85. The third-order valence-electron chi connectivity index (χ3n) is 4.00. The van der Waals surface area contributed by atoms with Gasteiger partial charge >= 0.3 is 0 Å². The summed E-state index contributed by atoms with van der Waals surface area (Å²) in [6.45, 7) is 6.95. The molecule has 1 unspecified atom stereocenters. The van der Waals surface area contributed by atoms with E-state index in [-0.39, 0.29) is 30.3 Å². The largest absolute Gasteiger partial charge is 0.356 e. The van der Waals surface area contributed by atoms with Gasteiger partial charge in [0.25, 0.3) is 0 Å². The number of hydrogen-bond acceptors (Lipinski definition) is 3. The Labute approximate surface area is 157 Å². The number of nitrogens with two attached hydrogens (primary N) is 1. The van der Waals surface area contributed by atoms with Crippen LogP contribution in [-0.4, -0.2) is 24.9 Å². The second-order valence-electron chi connectivity index (χ2n) is 6.53. The Morgan fingerprint density at radius 2 is 1.60 bits per heavy atom. The number of carbonyl (C=O) groups excluding carboxylic acids is 2. The topological polar surface area (TPSA) is 84.2 Å². The molecule has 0 aliphatic rings. The Bertz CT molecular complexity index is 518. The summed E-state index contributed by atoms with van der Waals surface area (Å²) < 4.78 is 0. The molecule has 1 aromatic carbocycles. The van der Waals surface area contributed by atoms with Gasteiger partial charge in [0.2, 0.25) is 11.8 Å². The van der Waals surface area contributed by atoms with Crippen molar-refractivity contribution in [3.63, 3.8) is 0 Å². The highest BCUT2D eigenvalue weighted by Gasteiger charge is 2.09. The first kappa shape index (κ1) is 23.4. The fourth-order valence-electron chi connectivity index (χ4n) is 2.41. The summed E-state index contributed by atoms with van der Waals surface area (Å²) in [6.07, 6.45) is 3.15. The molecule has 142 valence electrons. The minimum absolute atomic E-state index is 0. The van der Waals surface area contributed by atoms with Crippen LogP contribution in [0.25, 0.3) is 0 Å². The second-order valence-corrected chi connectivity index (χ2v) is 6.53. The molecule has 0 aliphatic heterocycles. The monoisotopic (exact) mass is 369 g/mol. The Morgan fingerprint density at radius 1 is 1.00 bits per heavy atom. The van der Waals surface area contributed by atoms with Gasteiger partial charge in [-0.25, -0.2) is 0 Å². The van der Waals surface area contributed by atoms with Gasteiger partial charge in [0.1, 0.15) is 0 Å². The van der Waals surface area contributed by atoms with E-state index in [0.29, 0.717) is 25.4 Å². The zero-order valence-electron chi connectivity index (χ0n) is 15.5. The van der Waals surface area contributed by atoms with Gasteiger partial charge in [0, 0.05) is 32.5 Å². The summed E-state index contributed by atoms with van der Waals surface area (Å²) >= 11 is 0. The van der Waals surface area contributed by atoms with Gasteiger partial charge in [-0.05, 0) is 29.9 Å². The number of unbranched alkanes of at least 4 members (excludes halogenated alkanes) is 2. The van der Waals surface area contributed by atoms with E-state index in [0.717, 1.165) is 24.8 Å². The van der Waals surface area contributed by atoms with E-state index in [1.54, 1.807) is 0 Å². The molecular weight excluding hydrogens is 338 g/mol. The van der Waals surface area contributed by atoms with Gasteiger partial charge in [-0.15, -0.1) is 12.4 Å². The van der Waals surface area contributed by atoms with E-state index in [9.17, 15) is 9.59 Å². The maximum atomic E-state index is 11.8. The normalized spacial score (nSPS) is 11.6. The summed E-state index contributed by atoms with van der Waals surface area (Å²) in [5.41, 5.74) is 8.46. The highest BCUT2D eigenvalue weighted by atomic mass is 35.5. The number of halogens is 1. The molecule has 0 spiro atoms. The molecule has 1 aromatic rings. The Balaban J connectivity index is 0.00000576. The Morgan fingerprint density at radius 3 is 2.16 bits per heavy atom. The van der Waals surface area contributed by atoms with E-state index in [1.165, 1.54) is 12.5 Å². The smallest absolute Gasteiger partial charge is 0.220 e. The van der Waals surface area contributed by atoms with E-state index in [2.05, 4.69) is 36.6 Å². The first-order chi connectivity index (χ1) is 11.4. The average molecular weight is 370 g/mol. The van der Waals surface area contributed by atoms with Crippen molar-refractivity contribution in [1.29, 1.82) is 0 Å². The molecule has 25 heavy (non-hydrogen) atoms. The van der Waals surface area contributed by atoms with Crippen LogP contribution in [0.1, 0.15) is 69.5 Å². The molecule has 0 aliphatic carbocycles. The lowest BCUT2D eigenvalue weighted by molar-refractivity contribution is -0.121. The maximum absolute atomic E-state index is 11.8. The molecule has 0 bridgehead atoms. The van der Waals surface area contributed by atoms with Crippen LogP contribution in [-0.2, 0) is 9.59 Å². The Hall–Kier alpha value is -1.59. The molecule has 5 nitrogen and oxygen atoms in total. The molecule has 0 radical (unpaired) electrons. The van der Waals surface area contributed by atoms with Gasteiger partial charge in [-0.3, -0.25) is 9.59 Å². The third-order valence-corrected chi connectivity index (χ3v) is 4.00. The van der Waals surface area contributed by atoms with Crippen LogP contribution in [0, 0.1) is 0 Å². The van der Waals surface area contributed by atoms with Crippen molar-refractivity contribution in [2.75, 3.05) is 13.1 Å². The average Bonchev–Trinajstić information content (AvgIpc) is 2.55. The summed E-state index contributed by atoms with van der Waals surface area (Å²) in [5, 5.41) is 5.64. The van der Waals surface area contributed by atoms with Crippen LogP contribution in [0.15, 0.2) is 24.3 Å². The van der Waals surface area contributed by atoms with Crippen LogP contribution in [0.2, 0.25) is 0 Å². The van der Waals surface area contributed by atoms with Crippen molar-refractivity contribution < 1.29 is 9.59 Å². The number of rotatable bonds is 10. The molecule has 1 atom stereocenters. The predicted octanol–water partition coefficient (Wildman–Crippen LogP) is 3.04. The van der Waals surface area contributed by atoms with Gasteiger partial charge in [0.15, 0.2) is 0 Å². The number of nitrogens with one attached hydrogen (secondary N) is 2. The lowest BCUT2D eigenvalue weighted by Crippen LogP contribution is -2.31. The number of hydrogen-bond donors (Lipinski definition) is 3. The molecule has 2 amide bonds. The first-order valence-electron chi connectivity index (χ1n) is 8.76. The lowest BCUT2D eigenvalue weighted by atomic mass is 9.99. The summed E-state index contributed by atoms with van der Waals surface area (Å²) in [7, 11) is 0. The molecule has 1 rings (SSSR count). The SMILES string of the molecule is CC(=O)NCCCCCC(=O)NCC(N)c1ccc(C(C)C)cc1.Cl. The fraction of sp³-hybridized carbons (Fsp3) is 0.579. The van der Waals surface area contributed by atoms with Gasteiger partial charge in [-0.2, -0.15) is 0 Å². The van der Waals surface area contributed by atoms with Crippen molar-refractivity contribution >= 4 is 24.2 Å². The van der Waals surface area contributed by atoms with Crippen LogP contribution >= 0.6 is 12.4 Å². The summed E-state index contributed by atoms with van der Waals surface area (Å²) in [4.78, 5) is 22.5. The van der Waals surface area contributed by atoms with E-state index in [4.69, 9.17) is 5.73 Å². The zero-order valence-corrected chi connectivity index (χ0v) is 16.3. The number of benzene rings is 1. The van der Waals surface area contributed by atoms with Gasteiger partial charge in [-0.1, -0.05) is 44.5 Å². The Kier molecular flexibility index (Phi) is 11.9. The standard InChI is InChI=1S/C19H31N3O2.ClH/c1-14(2)16-8-10-17(11-9-16)18(20)13-22-19(24)7-5-4-6-12-21-15(3)23;/h8-11,14,18H,4-7,12-13,20H2,1-3H3,(H,21,23)(H,22,24);1H. The molecule has 6 heteroatoms. The maximum Gasteiger partial charge on any atom is 0.220 e. The molecule has 0 fully saturated rings. The summed E-state index contributed by atoms with van der Waals surface area (Å²) in [5.74, 6) is 0.521. The van der Waals surface area contributed by atoms with Crippen LogP contribution in [0.4, 0.5) is 0 Å². The molecule has 4 N–H and O–H groups in total. The predicted molar refractivity (Wildman–Crippen MR) is 105 cm³/mol. The van der Waals surface area contributed by atoms with Crippen molar-refractivity contribution in [3.05, 3.63) is 35.4 Å². The lowest BCUT2D eigenvalue weighted by Gasteiger charge is -2.14. The van der Waals surface area contributed by atoms with Crippen molar-refractivity contribution in [2.24, 2.45) is 5.73 Å². The number of amides is 2. The molecule has 0 saturated heterocycles. The van der Waals surface area contributed by atoms with E-state index < -0.39 is 0 Å². The molecule has 0 saturated carbocycles. The highest BCUT2D eigenvalue weighted by Crippen LogP contribution is 2.17. The van der Waals surface area contributed by atoms with Crippen LogP contribution in [0.3, 0.4) is 0 Å². The van der Waals surface area contributed by atoms with E-state index in [1.807, 2.05) is 12.1 Å². The van der Waals surface area contributed by atoms with Gasteiger partial charge in [0.05, 0.1) is 0 Å². The van der Waals surface area contributed by atoms with Gasteiger partial charge < -0.3 is 16.4 Å². The van der Waals surface area contributed by atoms with E-state index >= 15 is 0 Å². The van der Waals surface area contributed by atoms with Crippen molar-refractivity contribution in [1.82, 2.24) is 10.6 Å². The van der Waals surface area contributed by atoms with Crippen molar-refractivity contribution in [3.8, 4) is 0 Å². The zero-order chi connectivity index (χ0) is 17.9. The molecule has 0 aromatic heterocycles. The fourth-order valence-corrected chi connectivity index (χ4v) is 2.41. The third kappa shape index (κ3) is 10.1. The second kappa shape index (κ2) is 12.7. The minimum Gasteiger partial charge on any atom is -0.356 e. The van der Waals surface area contributed by atoms with Crippen molar-refractivity contribution in [2.45, 2.75) is 58.4 Å². The quantitative estimate of drug-likeness (QED) is 0.554. The first-order valence-corrected chi connectivity index (χ1v) is 8.76. The summed E-state index contributed by atoms with van der Waals surface area (Å²) in [6, 6.07) is 8.07. The van der Waals surface area contributed by atoms with Crippen LogP contribution < -0.4 is 16.4 Å². The number of carbonyl (C=O) groups is 2.